The molecule has 1 aliphatic heterocycles. The number of hydrogen-bond acceptors (Lipinski definition) is 4. The van der Waals surface area contributed by atoms with Gasteiger partial charge in [0.1, 0.15) is 11.7 Å². The van der Waals surface area contributed by atoms with Crippen LogP contribution in [0.3, 0.4) is 0 Å². The first-order chi connectivity index (χ1) is 5.57. The molecule has 5 heteroatoms. The lowest BCUT2D eigenvalue weighted by Crippen LogP contribution is -2.29. The Balaban J connectivity index is 2.78. The topological polar surface area (TPSA) is 74.7 Å². The van der Waals surface area contributed by atoms with Gasteiger partial charge in [0.25, 0.3) is 11.8 Å². The van der Waals surface area contributed by atoms with E-state index in [-0.39, 0.29) is 23.7 Å². The number of rotatable bonds is 2. The van der Waals surface area contributed by atoms with Crippen LogP contribution in [0.15, 0.2) is 0 Å². The van der Waals surface area contributed by atoms with Crippen LogP contribution in [0.4, 0.5) is 0 Å². The molecule has 12 heavy (non-hydrogen) atoms. The zero-order chi connectivity index (χ0) is 9.30. The van der Waals surface area contributed by atoms with Crippen LogP contribution in [0.2, 0.25) is 0 Å². The molecule has 1 heterocycles. The molecule has 0 aromatic rings. The molecule has 1 unspecified atom stereocenters. The number of hydrogen-bond donors (Lipinski definition) is 1. The molecule has 0 spiro atoms. The van der Waals surface area contributed by atoms with E-state index in [0.29, 0.717) is 0 Å². The van der Waals surface area contributed by atoms with Crippen molar-refractivity contribution in [2.75, 3.05) is 0 Å². The lowest BCUT2D eigenvalue weighted by atomic mass is 10.0. The van der Waals surface area contributed by atoms with Gasteiger partial charge in [-0.05, 0) is 0 Å². The highest BCUT2D eigenvalue weighted by Gasteiger charge is 2.41. The van der Waals surface area contributed by atoms with E-state index in [9.17, 15) is 14.4 Å². The van der Waals surface area contributed by atoms with Crippen LogP contribution in [-0.4, -0.2) is 27.9 Å². The minimum atomic E-state index is -0.951. The Morgan fingerprint density at radius 3 is 2.58 bits per heavy atom. The summed E-state index contributed by atoms with van der Waals surface area (Å²) < 4.78 is 0. The summed E-state index contributed by atoms with van der Waals surface area (Å²) in [4.78, 5) is 32.7. The largest absolute Gasteiger partial charge is 0.299 e. The van der Waals surface area contributed by atoms with Gasteiger partial charge in [0.15, 0.2) is 0 Å². The maximum Gasteiger partial charge on any atom is 0.264 e. The van der Waals surface area contributed by atoms with E-state index < -0.39 is 17.7 Å². The Morgan fingerprint density at radius 1 is 1.67 bits per heavy atom. The fourth-order valence-corrected chi connectivity index (χ4v) is 1.12. The molecule has 2 amide bonds. The van der Waals surface area contributed by atoms with E-state index in [1.807, 2.05) is 0 Å². The van der Waals surface area contributed by atoms with Crippen molar-refractivity contribution in [1.82, 2.24) is 5.06 Å². The minimum Gasteiger partial charge on any atom is -0.299 e. The Bertz CT molecular complexity index is 248. The molecule has 0 saturated carbocycles. The zero-order valence-corrected chi connectivity index (χ0v) is 6.61. The van der Waals surface area contributed by atoms with Crippen LogP contribution >= 0.6 is 0 Å². The average Bonchev–Trinajstić information content (AvgIpc) is 2.32. The normalized spacial score (nSPS) is 23.5. The third-order valence-corrected chi connectivity index (χ3v) is 1.86. The van der Waals surface area contributed by atoms with Gasteiger partial charge in [-0.2, -0.15) is 5.06 Å². The fraction of sp³-hybridized carbons (Fsp3) is 0.571. The van der Waals surface area contributed by atoms with E-state index in [0.717, 1.165) is 0 Å². The minimum absolute atomic E-state index is 0.0260. The first-order valence-corrected chi connectivity index (χ1v) is 3.66. The summed E-state index contributed by atoms with van der Waals surface area (Å²) in [6, 6.07) is 0. The molecule has 0 bridgehead atoms. The van der Waals surface area contributed by atoms with Gasteiger partial charge in [-0.3, -0.25) is 19.6 Å². The number of carbonyl (C=O) groups excluding carboxylic acids is 3. The molecular formula is C7H9NO4. The van der Waals surface area contributed by atoms with Crippen LogP contribution in [-0.2, 0) is 14.4 Å². The molecule has 5 nitrogen and oxygen atoms in total. The second-order valence-electron chi connectivity index (χ2n) is 2.62. The number of hydroxylamine groups is 2. The average molecular weight is 171 g/mol. The first kappa shape index (κ1) is 8.86. The molecule has 1 atom stereocenters. The van der Waals surface area contributed by atoms with Gasteiger partial charge in [-0.25, -0.2) is 0 Å². The van der Waals surface area contributed by atoms with Crippen molar-refractivity contribution in [3.05, 3.63) is 0 Å². The fourth-order valence-electron chi connectivity index (χ4n) is 1.12. The summed E-state index contributed by atoms with van der Waals surface area (Å²) in [5.74, 6) is -2.75. The van der Waals surface area contributed by atoms with Crippen molar-refractivity contribution in [3.63, 3.8) is 0 Å². The zero-order valence-electron chi connectivity index (χ0n) is 6.61. The molecular weight excluding hydrogens is 162 g/mol. The van der Waals surface area contributed by atoms with Crippen LogP contribution in [0.1, 0.15) is 19.8 Å². The predicted octanol–water partition coefficient (Wildman–Crippen LogP) is -0.270. The molecule has 1 fully saturated rings. The maximum atomic E-state index is 11.0. The third kappa shape index (κ3) is 1.23. The van der Waals surface area contributed by atoms with Crippen LogP contribution in [0.25, 0.3) is 0 Å². The standard InChI is InChI=1S/C7H9NO4/c1-2-5(9)4-3-6(10)8(12)7(4)11/h4,12H,2-3H2,1H3. The van der Waals surface area contributed by atoms with Crippen molar-refractivity contribution in [2.45, 2.75) is 19.8 Å². The number of nitrogens with zero attached hydrogens (tertiary/aromatic N) is 1. The van der Waals surface area contributed by atoms with Gasteiger partial charge >= 0.3 is 0 Å². The Labute approximate surface area is 68.9 Å². The third-order valence-electron chi connectivity index (χ3n) is 1.86. The first-order valence-electron chi connectivity index (χ1n) is 3.66. The van der Waals surface area contributed by atoms with Crippen LogP contribution in [0, 0.1) is 5.92 Å². The highest BCUT2D eigenvalue weighted by molar-refractivity contribution is 6.13. The van der Waals surface area contributed by atoms with E-state index in [1.54, 1.807) is 6.92 Å². The van der Waals surface area contributed by atoms with Crippen molar-refractivity contribution in [3.8, 4) is 0 Å². The number of ketones is 1. The lowest BCUT2D eigenvalue weighted by Gasteiger charge is -2.03. The molecule has 0 aromatic carbocycles. The maximum absolute atomic E-state index is 11.0. The SMILES string of the molecule is CCC(=O)C1CC(=O)N(O)C1=O. The summed E-state index contributed by atoms with van der Waals surface area (Å²) in [7, 11) is 0. The molecule has 0 aromatic heterocycles. The lowest BCUT2D eigenvalue weighted by molar-refractivity contribution is -0.172. The van der Waals surface area contributed by atoms with Gasteiger partial charge in [-0.1, -0.05) is 6.92 Å². The van der Waals surface area contributed by atoms with E-state index in [4.69, 9.17) is 5.21 Å². The molecule has 1 N–H and O–H groups in total. The smallest absolute Gasteiger partial charge is 0.264 e. The number of amides is 2. The molecule has 66 valence electrons. The number of carbonyl (C=O) groups is 3. The van der Waals surface area contributed by atoms with Gasteiger partial charge in [-0.15, -0.1) is 0 Å². The summed E-state index contributed by atoms with van der Waals surface area (Å²) in [5.41, 5.74) is 0. The van der Waals surface area contributed by atoms with Gasteiger partial charge in [0, 0.05) is 12.8 Å². The molecule has 1 rings (SSSR count). The monoisotopic (exact) mass is 171 g/mol. The Hall–Kier alpha value is -1.23. The van der Waals surface area contributed by atoms with Gasteiger partial charge in [0.05, 0.1) is 0 Å². The molecule has 1 aliphatic rings. The van der Waals surface area contributed by atoms with Crippen molar-refractivity contribution in [1.29, 1.82) is 0 Å². The summed E-state index contributed by atoms with van der Waals surface area (Å²) in [6.07, 6.45) is 0.0134. The van der Waals surface area contributed by atoms with E-state index in [2.05, 4.69) is 0 Å². The highest BCUT2D eigenvalue weighted by Crippen LogP contribution is 2.19. The van der Waals surface area contributed by atoms with Crippen molar-refractivity contribution in [2.24, 2.45) is 5.92 Å². The number of Topliss-reactive ketones (excluding diaryl/α,β-unsaturated/α-hetero) is 1. The van der Waals surface area contributed by atoms with Crippen molar-refractivity contribution < 1.29 is 19.6 Å². The molecule has 1 saturated heterocycles. The van der Waals surface area contributed by atoms with Crippen LogP contribution < -0.4 is 0 Å². The Kier molecular flexibility index (Phi) is 2.23. The quantitative estimate of drug-likeness (QED) is 0.352. The second kappa shape index (κ2) is 3.02. The Morgan fingerprint density at radius 2 is 2.25 bits per heavy atom. The summed E-state index contributed by atoms with van der Waals surface area (Å²) in [5, 5.41) is 8.79. The highest BCUT2D eigenvalue weighted by atomic mass is 16.5. The molecule has 0 radical (unpaired) electrons. The summed E-state index contributed by atoms with van der Waals surface area (Å²) >= 11 is 0. The summed E-state index contributed by atoms with van der Waals surface area (Å²) in [6.45, 7) is 1.61. The predicted molar refractivity (Wildman–Crippen MR) is 37.0 cm³/mol. The van der Waals surface area contributed by atoms with Crippen molar-refractivity contribution >= 4 is 17.6 Å². The van der Waals surface area contributed by atoms with E-state index in [1.165, 1.54) is 0 Å². The second-order valence-corrected chi connectivity index (χ2v) is 2.62. The molecule has 0 aliphatic carbocycles. The van der Waals surface area contributed by atoms with E-state index >= 15 is 0 Å². The number of imide groups is 1. The van der Waals surface area contributed by atoms with Gasteiger partial charge < -0.3 is 0 Å². The van der Waals surface area contributed by atoms with Crippen LogP contribution in [0.5, 0.6) is 0 Å². The van der Waals surface area contributed by atoms with Gasteiger partial charge in [0.2, 0.25) is 0 Å².